The molecule has 0 nitrogen and oxygen atoms in total. The van der Waals surface area contributed by atoms with E-state index in [-0.39, 0.29) is 0 Å². The third-order valence-corrected chi connectivity index (χ3v) is 4.99. The van der Waals surface area contributed by atoms with Crippen LogP contribution in [0.15, 0.2) is 0 Å². The van der Waals surface area contributed by atoms with Gasteiger partial charge in [-0.2, -0.15) is 0 Å². The molecule has 0 aliphatic heterocycles. The molecule has 1 unspecified atom stereocenters. The Morgan fingerprint density at radius 3 is 1.77 bits per heavy atom. The molecular weight excluding hydrogens is 175 g/mol. The number of hydrogen-bond acceptors (Lipinski definition) is 0. The fourth-order valence-corrected chi connectivity index (χ4v) is 2.13. The van der Waals surface area contributed by atoms with E-state index in [1.807, 2.05) is 0 Å². The summed E-state index contributed by atoms with van der Waals surface area (Å²) in [7, 11) is 3.12. The van der Waals surface area contributed by atoms with E-state index in [9.17, 15) is 0 Å². The Kier molecular flexibility index (Phi) is 6.21. The van der Waals surface area contributed by atoms with Crippen molar-refractivity contribution in [2.45, 2.75) is 65.5 Å². The molecule has 0 heterocycles. The lowest BCUT2D eigenvalue weighted by Gasteiger charge is -2.38. The monoisotopic (exact) mass is 202 g/mol. The average Bonchev–Trinajstić information content (AvgIpc) is 2.03. The minimum atomic E-state index is 0.467. The summed E-state index contributed by atoms with van der Waals surface area (Å²) in [6.07, 6.45) is 5.46. The first kappa shape index (κ1) is 13.4. The van der Waals surface area contributed by atoms with Gasteiger partial charge in [0.15, 0.2) is 0 Å². The fourth-order valence-electron chi connectivity index (χ4n) is 1.93. The van der Waals surface area contributed by atoms with Crippen molar-refractivity contribution in [2.75, 3.05) is 0 Å². The lowest BCUT2D eigenvalue weighted by Crippen LogP contribution is -2.33. The predicted molar refractivity (Wildman–Crippen MR) is 66.3 cm³/mol. The van der Waals surface area contributed by atoms with Crippen LogP contribution < -0.4 is 0 Å². The van der Waals surface area contributed by atoms with Gasteiger partial charge < -0.3 is 0 Å². The van der Waals surface area contributed by atoms with Crippen molar-refractivity contribution in [3.05, 3.63) is 0 Å². The van der Waals surface area contributed by atoms with Gasteiger partial charge in [0, 0.05) is 0 Å². The zero-order valence-corrected chi connectivity index (χ0v) is 11.2. The van der Waals surface area contributed by atoms with Crippen molar-refractivity contribution >= 4 is 9.24 Å². The molecule has 0 rings (SSSR count). The second kappa shape index (κ2) is 6.02. The smallest absolute Gasteiger partial charge is 0.0104 e. The van der Waals surface area contributed by atoms with Crippen molar-refractivity contribution in [1.29, 1.82) is 0 Å². The van der Waals surface area contributed by atoms with Crippen molar-refractivity contribution < 1.29 is 0 Å². The Balaban J connectivity index is 4.09. The van der Waals surface area contributed by atoms with Crippen LogP contribution in [0.2, 0.25) is 0 Å². The quantitative estimate of drug-likeness (QED) is 0.439. The molecule has 0 bridgehead atoms. The molecule has 0 aromatic carbocycles. The van der Waals surface area contributed by atoms with Crippen molar-refractivity contribution in [3.8, 4) is 0 Å². The summed E-state index contributed by atoms with van der Waals surface area (Å²) in [6, 6.07) is 0. The number of rotatable bonds is 6. The van der Waals surface area contributed by atoms with Crippen molar-refractivity contribution in [2.24, 2.45) is 11.8 Å². The van der Waals surface area contributed by atoms with Crippen LogP contribution in [0.4, 0.5) is 0 Å². The molecule has 0 spiro atoms. The summed E-state index contributed by atoms with van der Waals surface area (Å²) in [5, 5.41) is 0.467. The van der Waals surface area contributed by atoms with E-state index < -0.39 is 0 Å². The largest absolute Gasteiger partial charge is 0.131 e. The van der Waals surface area contributed by atoms with Crippen LogP contribution in [-0.2, 0) is 0 Å². The van der Waals surface area contributed by atoms with E-state index in [1.54, 1.807) is 0 Å². The normalized spacial score (nSPS) is 12.9. The maximum Gasteiger partial charge on any atom is -0.0104 e. The maximum atomic E-state index is 3.12. The molecule has 0 aromatic rings. The van der Waals surface area contributed by atoms with E-state index >= 15 is 0 Å². The third kappa shape index (κ3) is 3.98. The molecule has 0 amide bonds. The van der Waals surface area contributed by atoms with Gasteiger partial charge in [0.2, 0.25) is 0 Å². The maximum absolute atomic E-state index is 3.12. The molecule has 0 N–H and O–H groups in total. The van der Waals surface area contributed by atoms with Gasteiger partial charge >= 0.3 is 0 Å². The molecule has 0 aliphatic carbocycles. The topological polar surface area (TPSA) is 0 Å². The summed E-state index contributed by atoms with van der Waals surface area (Å²) in [5.41, 5.74) is 0. The van der Waals surface area contributed by atoms with E-state index in [0.29, 0.717) is 5.16 Å². The lowest BCUT2D eigenvalue weighted by molar-refractivity contribution is 0.305. The number of unbranched alkanes of at least 4 members (excludes halogenated alkanes) is 2. The first-order chi connectivity index (χ1) is 5.95. The highest BCUT2D eigenvalue weighted by molar-refractivity contribution is 7.19. The Morgan fingerprint density at radius 2 is 1.46 bits per heavy atom. The molecule has 1 atom stereocenters. The molecule has 80 valence electrons. The fraction of sp³-hybridized carbons (Fsp3) is 1.00. The van der Waals surface area contributed by atoms with Crippen LogP contribution in [0.5, 0.6) is 0 Å². The van der Waals surface area contributed by atoms with Crippen LogP contribution in [0.3, 0.4) is 0 Å². The molecular formula is C12H27P. The van der Waals surface area contributed by atoms with Crippen LogP contribution >= 0.6 is 9.24 Å². The second-order valence-electron chi connectivity index (χ2n) is 4.88. The lowest BCUT2D eigenvalue weighted by atomic mass is 9.80. The van der Waals surface area contributed by atoms with E-state index in [1.165, 1.54) is 25.7 Å². The minimum Gasteiger partial charge on any atom is -0.131 e. The molecule has 0 fully saturated rings. The molecule has 1 heteroatoms. The summed E-state index contributed by atoms with van der Waals surface area (Å²) in [4.78, 5) is 0. The van der Waals surface area contributed by atoms with Gasteiger partial charge in [-0.3, -0.25) is 0 Å². The Morgan fingerprint density at radius 1 is 1.00 bits per heavy atom. The standard InChI is InChI=1S/C12H27P/c1-6-7-8-9-12(13,10(2)3)11(4)5/h10-11H,6-9,13H2,1-5H3. The van der Waals surface area contributed by atoms with Crippen LogP contribution in [0.1, 0.15) is 60.3 Å². The summed E-state index contributed by atoms with van der Waals surface area (Å²) in [6.45, 7) is 11.7. The van der Waals surface area contributed by atoms with Gasteiger partial charge in [-0.05, 0) is 23.4 Å². The van der Waals surface area contributed by atoms with E-state index in [2.05, 4.69) is 43.9 Å². The molecule has 0 saturated heterocycles. The molecule has 0 aliphatic rings. The summed E-state index contributed by atoms with van der Waals surface area (Å²) < 4.78 is 0. The van der Waals surface area contributed by atoms with Crippen LogP contribution in [-0.4, -0.2) is 5.16 Å². The minimum absolute atomic E-state index is 0.467. The van der Waals surface area contributed by atoms with Gasteiger partial charge in [-0.15, -0.1) is 9.24 Å². The Hall–Kier alpha value is 0.430. The Bertz CT molecular complexity index is 119. The SMILES string of the molecule is CCCCCC(P)(C(C)C)C(C)C. The summed E-state index contributed by atoms with van der Waals surface area (Å²) in [5.74, 6) is 1.55. The highest BCUT2D eigenvalue weighted by atomic mass is 31.0. The van der Waals surface area contributed by atoms with Crippen LogP contribution in [0.25, 0.3) is 0 Å². The average molecular weight is 202 g/mol. The number of hydrogen-bond donors (Lipinski definition) is 0. The Labute approximate surface area is 87.1 Å². The van der Waals surface area contributed by atoms with Gasteiger partial charge in [-0.25, -0.2) is 0 Å². The first-order valence-electron chi connectivity index (χ1n) is 5.74. The van der Waals surface area contributed by atoms with Crippen LogP contribution in [0, 0.1) is 11.8 Å². The highest BCUT2D eigenvalue weighted by Gasteiger charge is 2.31. The third-order valence-electron chi connectivity index (χ3n) is 3.36. The van der Waals surface area contributed by atoms with E-state index in [0.717, 1.165) is 11.8 Å². The molecule has 13 heavy (non-hydrogen) atoms. The van der Waals surface area contributed by atoms with E-state index in [4.69, 9.17) is 0 Å². The molecule has 0 radical (unpaired) electrons. The van der Waals surface area contributed by atoms with Gasteiger partial charge in [0.1, 0.15) is 0 Å². The second-order valence-corrected chi connectivity index (χ2v) is 5.95. The first-order valence-corrected chi connectivity index (χ1v) is 6.31. The highest BCUT2D eigenvalue weighted by Crippen LogP contribution is 2.40. The van der Waals surface area contributed by atoms with Gasteiger partial charge in [-0.1, -0.05) is 53.9 Å². The predicted octanol–water partition coefficient (Wildman–Crippen LogP) is 4.49. The van der Waals surface area contributed by atoms with Crippen molar-refractivity contribution in [1.82, 2.24) is 0 Å². The van der Waals surface area contributed by atoms with Gasteiger partial charge in [0.05, 0.1) is 0 Å². The molecule has 0 aromatic heterocycles. The zero-order valence-electron chi connectivity index (χ0n) is 10.1. The zero-order chi connectivity index (χ0) is 10.5. The van der Waals surface area contributed by atoms with Crippen molar-refractivity contribution in [3.63, 3.8) is 0 Å². The molecule has 0 saturated carbocycles. The van der Waals surface area contributed by atoms with Gasteiger partial charge in [0.25, 0.3) is 0 Å². The summed E-state index contributed by atoms with van der Waals surface area (Å²) >= 11 is 0.